The molecule has 0 bridgehead atoms. The van der Waals surface area contributed by atoms with E-state index in [9.17, 15) is 4.79 Å². The van der Waals surface area contributed by atoms with Gasteiger partial charge in [-0.1, -0.05) is 0 Å². The van der Waals surface area contributed by atoms with E-state index in [4.69, 9.17) is 16.6 Å². The molecule has 6 nitrogen and oxygen atoms in total. The van der Waals surface area contributed by atoms with Crippen LogP contribution in [-0.4, -0.2) is 33.4 Å². The van der Waals surface area contributed by atoms with Crippen molar-refractivity contribution in [3.63, 3.8) is 0 Å². The Kier molecular flexibility index (Phi) is 3.61. The second kappa shape index (κ2) is 4.73. The molecule has 0 aromatic carbocycles. The van der Waals surface area contributed by atoms with E-state index in [0.29, 0.717) is 18.8 Å². The Labute approximate surface area is 81.5 Å². The Bertz CT molecular complexity index is 310. The summed E-state index contributed by atoms with van der Waals surface area (Å²) in [4.78, 5) is 10.5. The molecule has 14 heavy (non-hydrogen) atoms. The monoisotopic (exact) mass is 198 g/mol. The van der Waals surface area contributed by atoms with E-state index in [1.54, 1.807) is 16.9 Å². The summed E-state index contributed by atoms with van der Waals surface area (Å²) in [5, 5.41) is 12.7. The molecule has 1 aromatic rings. The van der Waals surface area contributed by atoms with Gasteiger partial charge in [0.1, 0.15) is 6.04 Å². The fourth-order valence-electron chi connectivity index (χ4n) is 1.08. The van der Waals surface area contributed by atoms with Gasteiger partial charge < -0.3 is 16.6 Å². The van der Waals surface area contributed by atoms with E-state index in [2.05, 4.69) is 5.10 Å². The highest BCUT2D eigenvalue weighted by atomic mass is 16.4. The van der Waals surface area contributed by atoms with Gasteiger partial charge >= 0.3 is 5.97 Å². The molecular weight excluding hydrogens is 184 g/mol. The molecule has 78 valence electrons. The Morgan fingerprint density at radius 3 is 3.00 bits per heavy atom. The van der Waals surface area contributed by atoms with Crippen LogP contribution in [-0.2, 0) is 17.8 Å². The summed E-state index contributed by atoms with van der Waals surface area (Å²) >= 11 is 0. The van der Waals surface area contributed by atoms with Gasteiger partial charge in [-0.2, -0.15) is 5.10 Å². The van der Waals surface area contributed by atoms with E-state index in [1.807, 2.05) is 0 Å². The predicted octanol–water partition coefficient (Wildman–Crippen LogP) is -1.20. The van der Waals surface area contributed by atoms with E-state index < -0.39 is 12.0 Å². The summed E-state index contributed by atoms with van der Waals surface area (Å²) in [7, 11) is 0. The van der Waals surface area contributed by atoms with E-state index in [1.165, 1.54) is 0 Å². The standard InChI is InChI=1S/C8H14N4O2/c9-2-4-12-3-1-6(11-12)5-7(10)8(13)14/h1,3,7H,2,4-5,9-10H2,(H,13,14)/t7-/m0/s1. The number of carboxylic acid groups (broad SMARTS) is 1. The van der Waals surface area contributed by atoms with Gasteiger partial charge in [0.05, 0.1) is 12.2 Å². The SMILES string of the molecule is NCCn1ccc(C[C@H](N)C(=O)O)n1. The summed E-state index contributed by atoms with van der Waals surface area (Å²) in [6, 6.07) is 0.856. The fraction of sp³-hybridized carbons (Fsp3) is 0.500. The highest BCUT2D eigenvalue weighted by molar-refractivity contribution is 5.73. The molecule has 0 saturated heterocycles. The van der Waals surface area contributed by atoms with Crippen LogP contribution in [0.25, 0.3) is 0 Å². The lowest BCUT2D eigenvalue weighted by Gasteiger charge is -2.02. The van der Waals surface area contributed by atoms with E-state index in [0.717, 1.165) is 0 Å². The number of nitrogens with zero attached hydrogens (tertiary/aromatic N) is 2. The van der Waals surface area contributed by atoms with E-state index >= 15 is 0 Å². The second-order valence-electron chi connectivity index (χ2n) is 3.01. The van der Waals surface area contributed by atoms with Gasteiger partial charge in [0, 0.05) is 19.2 Å². The zero-order valence-electron chi connectivity index (χ0n) is 7.76. The minimum atomic E-state index is -1.02. The topological polar surface area (TPSA) is 107 Å². The summed E-state index contributed by atoms with van der Waals surface area (Å²) in [6.07, 6.45) is 2.00. The van der Waals surface area contributed by atoms with Crippen LogP contribution in [0.3, 0.4) is 0 Å². The van der Waals surface area contributed by atoms with Crippen molar-refractivity contribution >= 4 is 5.97 Å². The van der Waals surface area contributed by atoms with Crippen molar-refractivity contribution in [2.24, 2.45) is 11.5 Å². The van der Waals surface area contributed by atoms with Gasteiger partial charge in [0.15, 0.2) is 0 Å². The minimum absolute atomic E-state index is 0.243. The Hall–Kier alpha value is -1.40. The number of nitrogens with two attached hydrogens (primary N) is 2. The van der Waals surface area contributed by atoms with Crippen molar-refractivity contribution < 1.29 is 9.90 Å². The molecule has 0 unspecified atom stereocenters. The first-order valence-corrected chi connectivity index (χ1v) is 4.34. The van der Waals surface area contributed by atoms with Gasteiger partial charge in [0.25, 0.3) is 0 Å². The predicted molar refractivity (Wildman–Crippen MR) is 50.6 cm³/mol. The van der Waals surface area contributed by atoms with Crippen molar-refractivity contribution in [3.05, 3.63) is 18.0 Å². The number of carbonyl (C=O) groups is 1. The molecule has 0 radical (unpaired) electrons. The smallest absolute Gasteiger partial charge is 0.320 e. The molecule has 0 spiro atoms. The average molecular weight is 198 g/mol. The molecule has 6 heteroatoms. The van der Waals surface area contributed by atoms with Gasteiger partial charge in [0.2, 0.25) is 0 Å². The maximum atomic E-state index is 10.5. The van der Waals surface area contributed by atoms with Crippen LogP contribution in [0.15, 0.2) is 12.3 Å². The van der Waals surface area contributed by atoms with Gasteiger partial charge in [-0.3, -0.25) is 9.48 Å². The Morgan fingerprint density at radius 2 is 2.43 bits per heavy atom. The lowest BCUT2D eigenvalue weighted by atomic mass is 10.2. The third kappa shape index (κ3) is 2.82. The van der Waals surface area contributed by atoms with Crippen molar-refractivity contribution in [1.82, 2.24) is 9.78 Å². The van der Waals surface area contributed by atoms with Crippen LogP contribution >= 0.6 is 0 Å². The highest BCUT2D eigenvalue weighted by Gasteiger charge is 2.13. The van der Waals surface area contributed by atoms with Crippen LogP contribution in [0.5, 0.6) is 0 Å². The number of hydrogen-bond donors (Lipinski definition) is 3. The van der Waals surface area contributed by atoms with Crippen molar-refractivity contribution in [2.45, 2.75) is 19.0 Å². The van der Waals surface area contributed by atoms with Crippen molar-refractivity contribution in [3.8, 4) is 0 Å². The Morgan fingerprint density at radius 1 is 1.71 bits per heavy atom. The first-order valence-electron chi connectivity index (χ1n) is 4.34. The summed E-state index contributed by atoms with van der Waals surface area (Å²) in [5.41, 5.74) is 11.4. The molecule has 0 fully saturated rings. The molecule has 0 aliphatic heterocycles. The third-order valence-electron chi connectivity index (χ3n) is 1.80. The quantitative estimate of drug-likeness (QED) is 0.550. The van der Waals surface area contributed by atoms with Crippen molar-refractivity contribution in [1.29, 1.82) is 0 Å². The number of hydrogen-bond acceptors (Lipinski definition) is 4. The largest absolute Gasteiger partial charge is 0.480 e. The molecule has 1 aromatic heterocycles. The maximum absolute atomic E-state index is 10.5. The molecular formula is C8H14N4O2. The molecule has 0 aliphatic rings. The van der Waals surface area contributed by atoms with E-state index in [-0.39, 0.29) is 6.42 Å². The van der Waals surface area contributed by atoms with Gasteiger partial charge in [-0.05, 0) is 6.07 Å². The first-order chi connectivity index (χ1) is 6.63. The zero-order chi connectivity index (χ0) is 10.6. The number of aromatic nitrogens is 2. The molecule has 1 heterocycles. The molecule has 1 atom stereocenters. The van der Waals surface area contributed by atoms with Crippen LogP contribution in [0.2, 0.25) is 0 Å². The molecule has 1 rings (SSSR count). The second-order valence-corrected chi connectivity index (χ2v) is 3.01. The van der Waals surface area contributed by atoms with Crippen LogP contribution in [0, 0.1) is 0 Å². The lowest BCUT2D eigenvalue weighted by Crippen LogP contribution is -2.32. The zero-order valence-corrected chi connectivity index (χ0v) is 7.76. The van der Waals surface area contributed by atoms with Crippen LogP contribution < -0.4 is 11.5 Å². The third-order valence-corrected chi connectivity index (χ3v) is 1.80. The maximum Gasteiger partial charge on any atom is 0.320 e. The minimum Gasteiger partial charge on any atom is -0.480 e. The molecule has 0 amide bonds. The molecule has 0 saturated carbocycles. The fourth-order valence-corrected chi connectivity index (χ4v) is 1.08. The first kappa shape index (κ1) is 10.7. The summed E-state index contributed by atoms with van der Waals surface area (Å²) in [5.74, 6) is -1.02. The van der Waals surface area contributed by atoms with Gasteiger partial charge in [-0.15, -0.1) is 0 Å². The van der Waals surface area contributed by atoms with Crippen LogP contribution in [0.4, 0.5) is 0 Å². The number of carboxylic acids is 1. The Balaban J connectivity index is 2.55. The molecule has 0 aliphatic carbocycles. The number of aliphatic carboxylic acids is 1. The molecule has 5 N–H and O–H groups in total. The lowest BCUT2D eigenvalue weighted by molar-refractivity contribution is -0.138. The van der Waals surface area contributed by atoms with Crippen LogP contribution in [0.1, 0.15) is 5.69 Å². The normalized spacial score (nSPS) is 12.7. The highest BCUT2D eigenvalue weighted by Crippen LogP contribution is 1.99. The van der Waals surface area contributed by atoms with Gasteiger partial charge in [-0.25, -0.2) is 0 Å². The average Bonchev–Trinajstić information content (AvgIpc) is 2.53. The summed E-state index contributed by atoms with van der Waals surface area (Å²) in [6.45, 7) is 1.13. The number of rotatable bonds is 5. The van der Waals surface area contributed by atoms with Crippen molar-refractivity contribution in [2.75, 3.05) is 6.54 Å². The summed E-state index contributed by atoms with van der Waals surface area (Å²) < 4.78 is 1.67.